The molecule has 0 saturated carbocycles. The summed E-state index contributed by atoms with van der Waals surface area (Å²) < 4.78 is 1.62. The molecule has 0 aliphatic heterocycles. The van der Waals surface area contributed by atoms with E-state index in [1.54, 1.807) is 17.8 Å². The van der Waals surface area contributed by atoms with Crippen LogP contribution >= 0.6 is 0 Å². The molecule has 24 heavy (non-hydrogen) atoms. The van der Waals surface area contributed by atoms with Crippen LogP contribution in [0.1, 0.15) is 71.9 Å². The highest BCUT2D eigenvalue weighted by molar-refractivity contribution is 5.94. The Morgan fingerprint density at radius 3 is 2.33 bits per heavy atom. The van der Waals surface area contributed by atoms with E-state index < -0.39 is 0 Å². The molecule has 0 spiro atoms. The molecule has 0 bridgehead atoms. The van der Waals surface area contributed by atoms with Crippen molar-refractivity contribution in [3.05, 3.63) is 12.0 Å². The van der Waals surface area contributed by atoms with E-state index in [9.17, 15) is 9.59 Å². The van der Waals surface area contributed by atoms with E-state index >= 15 is 0 Å². The molecule has 0 aromatic carbocycles. The molecule has 6 heteroatoms. The number of carbonyl (C=O) groups is 2. The van der Waals surface area contributed by atoms with E-state index in [1.807, 2.05) is 27.7 Å². The molecule has 1 unspecified atom stereocenters. The SMILES string of the molecule is CCCC(C)(C)C(C)C(=O)Nc1cn(C)c(C(=O)NC(C)(C)C)n1. The van der Waals surface area contributed by atoms with Crippen molar-refractivity contribution in [2.45, 2.75) is 66.8 Å². The Bertz CT molecular complexity index is 597. The van der Waals surface area contributed by atoms with E-state index in [0.29, 0.717) is 5.82 Å². The van der Waals surface area contributed by atoms with Gasteiger partial charge in [-0.2, -0.15) is 0 Å². The van der Waals surface area contributed by atoms with Crippen LogP contribution in [0.3, 0.4) is 0 Å². The molecular formula is C18H32N4O2. The third kappa shape index (κ3) is 5.35. The number of aromatic nitrogens is 2. The Hall–Kier alpha value is -1.85. The maximum Gasteiger partial charge on any atom is 0.287 e. The van der Waals surface area contributed by atoms with E-state index in [4.69, 9.17) is 0 Å². The lowest BCUT2D eigenvalue weighted by Crippen LogP contribution is -2.41. The normalized spacial score (nSPS) is 13.5. The third-order valence-electron chi connectivity index (χ3n) is 4.28. The Labute approximate surface area is 145 Å². The number of nitrogens with one attached hydrogen (secondary N) is 2. The topological polar surface area (TPSA) is 76.0 Å². The molecule has 6 nitrogen and oxygen atoms in total. The van der Waals surface area contributed by atoms with Crippen LogP contribution in [0.25, 0.3) is 0 Å². The summed E-state index contributed by atoms with van der Waals surface area (Å²) in [5.74, 6) is 0.201. The summed E-state index contributed by atoms with van der Waals surface area (Å²) in [6.07, 6.45) is 3.67. The van der Waals surface area contributed by atoms with Gasteiger partial charge in [0.05, 0.1) is 0 Å². The average molecular weight is 336 g/mol. The number of hydrogen-bond acceptors (Lipinski definition) is 3. The molecule has 0 aliphatic carbocycles. The minimum absolute atomic E-state index is 0.0747. The van der Waals surface area contributed by atoms with Gasteiger partial charge in [-0.3, -0.25) is 9.59 Å². The maximum absolute atomic E-state index is 12.5. The van der Waals surface area contributed by atoms with Gasteiger partial charge in [0.15, 0.2) is 5.82 Å². The summed E-state index contributed by atoms with van der Waals surface area (Å²) in [5.41, 5.74) is -0.425. The molecule has 0 aliphatic rings. The van der Waals surface area contributed by atoms with E-state index in [1.165, 1.54) is 0 Å². The van der Waals surface area contributed by atoms with Crippen molar-refractivity contribution in [3.63, 3.8) is 0 Å². The summed E-state index contributed by atoms with van der Waals surface area (Å²) in [6, 6.07) is 0. The predicted octanol–water partition coefficient (Wildman–Crippen LogP) is 3.35. The van der Waals surface area contributed by atoms with Crippen LogP contribution in [-0.4, -0.2) is 26.9 Å². The highest BCUT2D eigenvalue weighted by atomic mass is 16.2. The number of nitrogens with zero attached hydrogens (tertiary/aromatic N) is 2. The second-order valence-electron chi connectivity index (χ2n) is 8.21. The zero-order valence-electron chi connectivity index (χ0n) is 16.3. The standard InChI is InChI=1S/C18H32N4O2/c1-9-10-18(6,7)12(2)15(23)20-13-11-22(8)14(19-13)16(24)21-17(3,4)5/h11-12H,9-10H2,1-8H3,(H,20,23)(H,21,24). The first-order valence-corrected chi connectivity index (χ1v) is 8.54. The minimum Gasteiger partial charge on any atom is -0.345 e. The summed E-state index contributed by atoms with van der Waals surface area (Å²) >= 11 is 0. The largest absolute Gasteiger partial charge is 0.345 e. The molecule has 2 N–H and O–H groups in total. The Morgan fingerprint density at radius 1 is 1.25 bits per heavy atom. The zero-order valence-corrected chi connectivity index (χ0v) is 16.3. The van der Waals surface area contributed by atoms with Crippen molar-refractivity contribution in [3.8, 4) is 0 Å². The smallest absolute Gasteiger partial charge is 0.287 e. The number of rotatable bonds is 6. The second kappa shape index (κ2) is 7.36. The predicted molar refractivity (Wildman–Crippen MR) is 96.9 cm³/mol. The highest BCUT2D eigenvalue weighted by Crippen LogP contribution is 2.32. The zero-order chi connectivity index (χ0) is 18.7. The van der Waals surface area contributed by atoms with Crippen LogP contribution in [0.4, 0.5) is 5.82 Å². The van der Waals surface area contributed by atoms with Gasteiger partial charge in [0.25, 0.3) is 5.91 Å². The van der Waals surface area contributed by atoms with Gasteiger partial charge in [-0.15, -0.1) is 0 Å². The molecule has 2 amide bonds. The molecule has 136 valence electrons. The van der Waals surface area contributed by atoms with Crippen molar-refractivity contribution in [2.75, 3.05) is 5.32 Å². The Morgan fingerprint density at radius 2 is 1.83 bits per heavy atom. The summed E-state index contributed by atoms with van der Waals surface area (Å²) in [4.78, 5) is 29.0. The lowest BCUT2D eigenvalue weighted by Gasteiger charge is -2.30. The van der Waals surface area contributed by atoms with Gasteiger partial charge >= 0.3 is 0 Å². The van der Waals surface area contributed by atoms with Crippen LogP contribution in [0, 0.1) is 11.3 Å². The van der Waals surface area contributed by atoms with Crippen LogP contribution < -0.4 is 10.6 Å². The lowest BCUT2D eigenvalue weighted by molar-refractivity contribution is -0.122. The first-order chi connectivity index (χ1) is 10.9. The Balaban J connectivity index is 2.85. The fraction of sp³-hybridized carbons (Fsp3) is 0.722. The number of aryl methyl sites for hydroxylation is 1. The van der Waals surface area contributed by atoms with Crippen molar-refractivity contribution < 1.29 is 9.59 Å². The fourth-order valence-electron chi connectivity index (χ4n) is 2.58. The number of amides is 2. The summed E-state index contributed by atoms with van der Waals surface area (Å²) in [6.45, 7) is 14.0. The van der Waals surface area contributed by atoms with Crippen molar-refractivity contribution in [1.29, 1.82) is 0 Å². The third-order valence-corrected chi connectivity index (χ3v) is 4.28. The van der Waals surface area contributed by atoms with Crippen molar-refractivity contribution in [2.24, 2.45) is 18.4 Å². The monoisotopic (exact) mass is 336 g/mol. The summed E-state index contributed by atoms with van der Waals surface area (Å²) in [5, 5.41) is 5.71. The van der Waals surface area contributed by atoms with Crippen LogP contribution in [-0.2, 0) is 11.8 Å². The van der Waals surface area contributed by atoms with Crippen molar-refractivity contribution in [1.82, 2.24) is 14.9 Å². The van der Waals surface area contributed by atoms with E-state index in [-0.39, 0.29) is 34.5 Å². The quantitative estimate of drug-likeness (QED) is 0.836. The number of carbonyl (C=O) groups excluding carboxylic acids is 2. The van der Waals surface area contributed by atoms with Crippen LogP contribution in [0.2, 0.25) is 0 Å². The van der Waals surface area contributed by atoms with Crippen molar-refractivity contribution >= 4 is 17.6 Å². The first kappa shape index (κ1) is 20.2. The molecule has 0 radical (unpaired) electrons. The van der Waals surface area contributed by atoms with Gasteiger partial charge in [0, 0.05) is 24.7 Å². The number of imidazole rings is 1. The fourth-order valence-corrected chi connectivity index (χ4v) is 2.58. The molecule has 1 heterocycles. The molecule has 0 fully saturated rings. The average Bonchev–Trinajstić information content (AvgIpc) is 2.76. The molecular weight excluding hydrogens is 304 g/mol. The van der Waals surface area contributed by atoms with Gasteiger partial charge in [-0.1, -0.05) is 34.1 Å². The molecule has 0 saturated heterocycles. The van der Waals surface area contributed by atoms with Gasteiger partial charge in [0.2, 0.25) is 11.7 Å². The van der Waals surface area contributed by atoms with Gasteiger partial charge in [0.1, 0.15) is 0 Å². The highest BCUT2D eigenvalue weighted by Gasteiger charge is 2.31. The molecule has 1 atom stereocenters. The van der Waals surface area contributed by atoms with Gasteiger partial charge in [-0.25, -0.2) is 4.98 Å². The summed E-state index contributed by atoms with van der Waals surface area (Å²) in [7, 11) is 1.74. The van der Waals surface area contributed by atoms with E-state index in [0.717, 1.165) is 12.8 Å². The second-order valence-corrected chi connectivity index (χ2v) is 8.21. The minimum atomic E-state index is -0.342. The van der Waals surface area contributed by atoms with Gasteiger partial charge < -0.3 is 15.2 Å². The molecule has 1 rings (SSSR count). The van der Waals surface area contributed by atoms with E-state index in [2.05, 4.69) is 36.4 Å². The molecule has 1 aromatic heterocycles. The lowest BCUT2D eigenvalue weighted by atomic mass is 9.76. The number of hydrogen-bond donors (Lipinski definition) is 2. The first-order valence-electron chi connectivity index (χ1n) is 8.54. The maximum atomic E-state index is 12.5. The molecule has 1 aromatic rings. The Kier molecular flexibility index (Phi) is 6.20. The van der Waals surface area contributed by atoms with Gasteiger partial charge in [-0.05, 0) is 32.6 Å². The number of anilines is 1. The van der Waals surface area contributed by atoms with Crippen LogP contribution in [0.15, 0.2) is 6.20 Å². The van der Waals surface area contributed by atoms with Crippen LogP contribution in [0.5, 0.6) is 0 Å².